The Balaban J connectivity index is 2.42. The zero-order valence-electron chi connectivity index (χ0n) is 16.5. The highest BCUT2D eigenvalue weighted by molar-refractivity contribution is 9.10. The Morgan fingerprint density at radius 2 is 1.85 bits per heavy atom. The molecule has 0 fully saturated rings. The van der Waals surface area contributed by atoms with Crippen LogP contribution in [0.4, 0.5) is 0 Å². The van der Waals surface area contributed by atoms with Crippen LogP contribution in [-0.4, -0.2) is 40.9 Å². The first-order valence-electron chi connectivity index (χ1n) is 8.90. The molecule has 27 heavy (non-hydrogen) atoms. The standard InChI is InChI=1S/C19H28BrN3O3S/c1-6-19(2,3)12-16-13-23(27(25,26)22(4)5)18(21-16)17(24)11-14-7-9-15(20)10-8-14/h7-10,13,17,24H,6,11-12H2,1-5H3. The van der Waals surface area contributed by atoms with E-state index < -0.39 is 16.3 Å². The van der Waals surface area contributed by atoms with E-state index in [9.17, 15) is 13.5 Å². The predicted octanol–water partition coefficient (Wildman–Crippen LogP) is 3.55. The van der Waals surface area contributed by atoms with Gasteiger partial charge in [-0.05, 0) is 29.5 Å². The Labute approximate surface area is 170 Å². The van der Waals surface area contributed by atoms with E-state index in [4.69, 9.17) is 0 Å². The number of hydrogen-bond donors (Lipinski definition) is 1. The van der Waals surface area contributed by atoms with E-state index in [0.717, 1.165) is 24.7 Å². The van der Waals surface area contributed by atoms with Crippen molar-refractivity contribution < 1.29 is 13.5 Å². The molecule has 1 aromatic heterocycles. The van der Waals surface area contributed by atoms with Crippen molar-refractivity contribution in [2.45, 2.75) is 46.1 Å². The minimum Gasteiger partial charge on any atom is -0.385 e. The largest absolute Gasteiger partial charge is 0.385 e. The number of halogens is 1. The zero-order chi connectivity index (χ0) is 20.4. The van der Waals surface area contributed by atoms with Crippen LogP contribution < -0.4 is 0 Å². The van der Waals surface area contributed by atoms with Crippen molar-refractivity contribution >= 4 is 26.1 Å². The van der Waals surface area contributed by atoms with Crippen LogP contribution in [0, 0.1) is 5.41 Å². The molecule has 0 bridgehead atoms. The zero-order valence-corrected chi connectivity index (χ0v) is 18.9. The van der Waals surface area contributed by atoms with Crippen molar-refractivity contribution in [3.63, 3.8) is 0 Å². The lowest BCUT2D eigenvalue weighted by Crippen LogP contribution is -2.30. The van der Waals surface area contributed by atoms with Crippen molar-refractivity contribution in [1.82, 2.24) is 13.3 Å². The number of rotatable bonds is 8. The van der Waals surface area contributed by atoms with Crippen LogP contribution in [0.2, 0.25) is 0 Å². The van der Waals surface area contributed by atoms with Crippen LogP contribution in [0.15, 0.2) is 34.9 Å². The summed E-state index contributed by atoms with van der Waals surface area (Å²) in [7, 11) is -0.837. The first-order chi connectivity index (χ1) is 12.5. The number of aliphatic hydroxyl groups excluding tert-OH is 1. The lowest BCUT2D eigenvalue weighted by molar-refractivity contribution is 0.167. The van der Waals surface area contributed by atoms with Gasteiger partial charge in [0.25, 0.3) is 0 Å². The summed E-state index contributed by atoms with van der Waals surface area (Å²) >= 11 is 3.38. The van der Waals surface area contributed by atoms with Crippen LogP contribution >= 0.6 is 15.9 Å². The van der Waals surface area contributed by atoms with Gasteiger partial charge in [0, 0.05) is 31.2 Å². The molecular weight excluding hydrogens is 430 g/mol. The van der Waals surface area contributed by atoms with Gasteiger partial charge in [0.05, 0.1) is 5.69 Å². The number of aromatic nitrogens is 2. The van der Waals surface area contributed by atoms with Gasteiger partial charge in [0.1, 0.15) is 6.10 Å². The van der Waals surface area contributed by atoms with Crippen LogP contribution in [0.5, 0.6) is 0 Å². The Morgan fingerprint density at radius 3 is 2.37 bits per heavy atom. The molecule has 8 heteroatoms. The molecule has 0 aliphatic carbocycles. The predicted molar refractivity (Wildman–Crippen MR) is 111 cm³/mol. The summed E-state index contributed by atoms with van der Waals surface area (Å²) in [6, 6.07) is 7.56. The average molecular weight is 458 g/mol. The molecule has 0 spiro atoms. The molecular formula is C19H28BrN3O3S. The van der Waals surface area contributed by atoms with E-state index in [2.05, 4.69) is 41.7 Å². The summed E-state index contributed by atoms with van der Waals surface area (Å²) in [5.41, 5.74) is 1.56. The van der Waals surface area contributed by atoms with Crippen LogP contribution in [0.1, 0.15) is 50.4 Å². The van der Waals surface area contributed by atoms with E-state index >= 15 is 0 Å². The molecule has 1 unspecified atom stereocenters. The van der Waals surface area contributed by atoms with E-state index in [-0.39, 0.29) is 17.7 Å². The summed E-state index contributed by atoms with van der Waals surface area (Å²) < 4.78 is 28.6. The first kappa shape index (κ1) is 22.1. The SMILES string of the molecule is CCC(C)(C)Cc1cn(S(=O)(=O)N(C)C)c(C(O)Cc2ccc(Br)cc2)n1. The fraction of sp³-hybridized carbons (Fsp3) is 0.526. The fourth-order valence-corrected chi connectivity index (χ4v) is 3.91. The van der Waals surface area contributed by atoms with E-state index in [1.54, 1.807) is 0 Å². The fourth-order valence-electron chi connectivity index (χ4n) is 2.64. The molecule has 1 N–H and O–H groups in total. The quantitative estimate of drug-likeness (QED) is 0.657. The minimum absolute atomic E-state index is 0.00497. The third kappa shape index (κ3) is 5.40. The first-order valence-corrected chi connectivity index (χ1v) is 11.1. The van der Waals surface area contributed by atoms with E-state index in [0.29, 0.717) is 12.1 Å². The molecule has 6 nitrogen and oxygen atoms in total. The second-order valence-corrected chi connectivity index (χ2v) is 10.7. The monoisotopic (exact) mass is 457 g/mol. The smallest absolute Gasteiger partial charge is 0.308 e. The number of aliphatic hydroxyl groups is 1. The van der Waals surface area contributed by atoms with Gasteiger partial charge in [-0.15, -0.1) is 0 Å². The van der Waals surface area contributed by atoms with Gasteiger partial charge in [-0.2, -0.15) is 12.7 Å². The van der Waals surface area contributed by atoms with Gasteiger partial charge < -0.3 is 5.11 Å². The molecule has 0 aliphatic heterocycles. The van der Waals surface area contributed by atoms with Crippen molar-refractivity contribution in [3.8, 4) is 0 Å². The number of benzene rings is 1. The minimum atomic E-state index is -3.77. The summed E-state index contributed by atoms with van der Waals surface area (Å²) in [6.07, 6.45) is 2.37. The normalized spacial score (nSPS) is 13.9. The highest BCUT2D eigenvalue weighted by Crippen LogP contribution is 2.28. The summed E-state index contributed by atoms with van der Waals surface area (Å²) in [5.74, 6) is 0.147. The van der Waals surface area contributed by atoms with E-state index in [1.807, 2.05) is 24.3 Å². The highest BCUT2D eigenvalue weighted by atomic mass is 79.9. The molecule has 1 heterocycles. The van der Waals surface area contributed by atoms with Crippen molar-refractivity contribution in [1.29, 1.82) is 0 Å². The molecule has 0 saturated carbocycles. The van der Waals surface area contributed by atoms with Crippen LogP contribution in [-0.2, 0) is 23.1 Å². The lowest BCUT2D eigenvalue weighted by atomic mass is 9.85. The van der Waals surface area contributed by atoms with Crippen LogP contribution in [0.3, 0.4) is 0 Å². The topological polar surface area (TPSA) is 75.4 Å². The Kier molecular flexibility index (Phi) is 6.89. The third-order valence-corrected chi connectivity index (χ3v) is 6.96. The molecule has 150 valence electrons. The molecule has 0 radical (unpaired) electrons. The maximum Gasteiger partial charge on any atom is 0.308 e. The second-order valence-electron chi connectivity index (χ2n) is 7.72. The average Bonchev–Trinajstić information content (AvgIpc) is 3.00. The van der Waals surface area contributed by atoms with Crippen molar-refractivity contribution in [2.75, 3.05) is 14.1 Å². The molecule has 2 rings (SSSR count). The maximum atomic E-state index is 12.7. The molecule has 1 aromatic carbocycles. The number of imidazole rings is 1. The van der Waals surface area contributed by atoms with Gasteiger partial charge in [-0.25, -0.2) is 8.96 Å². The molecule has 0 amide bonds. The van der Waals surface area contributed by atoms with Gasteiger partial charge in [0.15, 0.2) is 5.82 Å². The van der Waals surface area contributed by atoms with Gasteiger partial charge in [-0.3, -0.25) is 0 Å². The van der Waals surface area contributed by atoms with Gasteiger partial charge >= 0.3 is 10.2 Å². The van der Waals surface area contributed by atoms with Gasteiger partial charge in [0.2, 0.25) is 0 Å². The van der Waals surface area contributed by atoms with E-state index in [1.165, 1.54) is 20.3 Å². The number of nitrogens with zero attached hydrogens (tertiary/aromatic N) is 3. The lowest BCUT2D eigenvalue weighted by Gasteiger charge is -2.20. The Morgan fingerprint density at radius 1 is 1.26 bits per heavy atom. The summed E-state index contributed by atoms with van der Waals surface area (Å²) in [5, 5.41) is 10.8. The molecule has 0 aliphatic rings. The Hall–Kier alpha value is -1.22. The Bertz CT molecular complexity index is 874. The molecule has 2 aromatic rings. The van der Waals surface area contributed by atoms with Crippen LogP contribution in [0.25, 0.3) is 0 Å². The number of hydrogen-bond acceptors (Lipinski definition) is 4. The molecule has 0 saturated heterocycles. The second kappa shape index (κ2) is 8.43. The van der Waals surface area contributed by atoms with Crippen molar-refractivity contribution in [3.05, 3.63) is 52.0 Å². The van der Waals surface area contributed by atoms with Gasteiger partial charge in [-0.1, -0.05) is 55.3 Å². The molecule has 1 atom stereocenters. The summed E-state index contributed by atoms with van der Waals surface area (Å²) in [6.45, 7) is 6.33. The van der Waals surface area contributed by atoms with Crippen molar-refractivity contribution in [2.24, 2.45) is 5.41 Å². The highest BCUT2D eigenvalue weighted by Gasteiger charge is 2.28. The summed E-state index contributed by atoms with van der Waals surface area (Å²) in [4.78, 5) is 4.50. The third-order valence-electron chi connectivity index (χ3n) is 4.72. The maximum absolute atomic E-state index is 12.7.